The first kappa shape index (κ1) is 18.2. The van der Waals surface area contributed by atoms with Crippen molar-refractivity contribution in [2.75, 3.05) is 53.1 Å². The van der Waals surface area contributed by atoms with Crippen LogP contribution in [0, 0.1) is 11.8 Å². The van der Waals surface area contributed by atoms with Crippen LogP contribution in [-0.4, -0.2) is 74.9 Å². The number of carbonyl (C=O) groups excluding carboxylic acids is 1. The Bertz CT molecular complexity index is 398. The van der Waals surface area contributed by atoms with Gasteiger partial charge in [0, 0.05) is 51.7 Å². The molecule has 0 aromatic carbocycles. The Morgan fingerprint density at radius 2 is 2.04 bits per heavy atom. The second kappa shape index (κ2) is 9.16. The molecule has 1 saturated carbocycles. The predicted molar refractivity (Wildman–Crippen MR) is 93.9 cm³/mol. The van der Waals surface area contributed by atoms with Crippen LogP contribution in [0.5, 0.6) is 0 Å². The number of carbonyl (C=O) groups is 1. The van der Waals surface area contributed by atoms with Crippen LogP contribution in [0.4, 0.5) is 0 Å². The third-order valence-electron chi connectivity index (χ3n) is 6.22. The second-order valence-electron chi connectivity index (χ2n) is 7.75. The molecule has 0 spiro atoms. The monoisotopic (exact) mass is 338 g/mol. The molecule has 138 valence electrons. The maximum Gasteiger partial charge on any atom is 0.222 e. The molecule has 0 radical (unpaired) electrons. The zero-order chi connectivity index (χ0) is 16.8. The van der Waals surface area contributed by atoms with Crippen LogP contribution in [0.2, 0.25) is 0 Å². The fraction of sp³-hybridized carbons (Fsp3) is 0.947. The number of rotatable bonds is 6. The Kier molecular flexibility index (Phi) is 6.93. The topological polar surface area (TPSA) is 42.0 Å². The summed E-state index contributed by atoms with van der Waals surface area (Å²) in [5, 5.41) is 0. The molecule has 5 nitrogen and oxygen atoms in total. The normalized spacial score (nSPS) is 29.5. The zero-order valence-corrected chi connectivity index (χ0v) is 15.3. The number of methoxy groups -OCH3 is 1. The number of hydrogen-bond donors (Lipinski definition) is 0. The van der Waals surface area contributed by atoms with Gasteiger partial charge >= 0.3 is 0 Å². The van der Waals surface area contributed by atoms with E-state index in [4.69, 9.17) is 9.47 Å². The molecule has 0 bridgehead atoms. The lowest BCUT2D eigenvalue weighted by Gasteiger charge is -2.42. The fourth-order valence-corrected chi connectivity index (χ4v) is 4.67. The lowest BCUT2D eigenvalue weighted by atomic mass is 9.90. The van der Waals surface area contributed by atoms with E-state index in [0.29, 0.717) is 17.9 Å². The van der Waals surface area contributed by atoms with Crippen molar-refractivity contribution < 1.29 is 14.3 Å². The van der Waals surface area contributed by atoms with Crippen LogP contribution in [0.15, 0.2) is 0 Å². The van der Waals surface area contributed by atoms with E-state index in [1.54, 1.807) is 7.11 Å². The highest BCUT2D eigenvalue weighted by Crippen LogP contribution is 2.30. The summed E-state index contributed by atoms with van der Waals surface area (Å²) >= 11 is 0. The second-order valence-corrected chi connectivity index (χ2v) is 7.75. The molecule has 2 saturated heterocycles. The SMILES string of the molecule is COCCN1CCOC[C@H]2CCN(C(=O)CCC3CCCC3)C[C@H]21. The van der Waals surface area contributed by atoms with Crippen LogP contribution in [0.3, 0.4) is 0 Å². The van der Waals surface area contributed by atoms with Gasteiger partial charge in [0.1, 0.15) is 0 Å². The van der Waals surface area contributed by atoms with Gasteiger partial charge in [-0.05, 0) is 18.8 Å². The van der Waals surface area contributed by atoms with Gasteiger partial charge in [-0.1, -0.05) is 25.7 Å². The van der Waals surface area contributed by atoms with Crippen LogP contribution in [0.25, 0.3) is 0 Å². The summed E-state index contributed by atoms with van der Waals surface area (Å²) < 4.78 is 11.1. The van der Waals surface area contributed by atoms with Crippen LogP contribution in [0.1, 0.15) is 44.9 Å². The quantitative estimate of drug-likeness (QED) is 0.744. The van der Waals surface area contributed by atoms with Gasteiger partial charge in [0.15, 0.2) is 0 Å². The highest BCUT2D eigenvalue weighted by atomic mass is 16.5. The summed E-state index contributed by atoms with van der Waals surface area (Å²) in [7, 11) is 1.76. The van der Waals surface area contributed by atoms with Crippen molar-refractivity contribution in [2.45, 2.75) is 51.0 Å². The average Bonchev–Trinajstić information content (AvgIpc) is 3.04. The Morgan fingerprint density at radius 1 is 1.21 bits per heavy atom. The van der Waals surface area contributed by atoms with Gasteiger partial charge in [-0.2, -0.15) is 0 Å². The first-order valence-corrected chi connectivity index (χ1v) is 9.86. The van der Waals surface area contributed by atoms with Crippen molar-refractivity contribution in [1.29, 1.82) is 0 Å². The van der Waals surface area contributed by atoms with Crippen LogP contribution < -0.4 is 0 Å². The number of ether oxygens (including phenoxy) is 2. The number of nitrogens with zero attached hydrogens (tertiary/aromatic N) is 2. The van der Waals surface area contributed by atoms with E-state index in [1.165, 1.54) is 25.7 Å². The van der Waals surface area contributed by atoms with Crippen LogP contribution in [-0.2, 0) is 14.3 Å². The number of fused-ring (bicyclic) bond motifs is 1. The smallest absolute Gasteiger partial charge is 0.222 e. The minimum absolute atomic E-state index is 0.372. The van der Waals surface area contributed by atoms with E-state index in [1.807, 2.05) is 0 Å². The first-order valence-electron chi connectivity index (χ1n) is 9.86. The predicted octanol–water partition coefficient (Wildman–Crippen LogP) is 2.15. The Balaban J connectivity index is 1.53. The molecule has 5 heteroatoms. The molecule has 1 amide bonds. The van der Waals surface area contributed by atoms with Crippen molar-refractivity contribution in [2.24, 2.45) is 11.8 Å². The molecule has 24 heavy (non-hydrogen) atoms. The largest absolute Gasteiger partial charge is 0.383 e. The molecule has 0 unspecified atom stereocenters. The van der Waals surface area contributed by atoms with Gasteiger partial charge in [-0.3, -0.25) is 9.69 Å². The summed E-state index contributed by atoms with van der Waals surface area (Å²) in [6, 6.07) is 0.437. The minimum atomic E-state index is 0.372. The maximum atomic E-state index is 12.7. The van der Waals surface area contributed by atoms with Crippen molar-refractivity contribution in [1.82, 2.24) is 9.80 Å². The number of piperidine rings is 1. The summed E-state index contributed by atoms with van der Waals surface area (Å²) in [5.74, 6) is 1.73. The molecular weight excluding hydrogens is 304 g/mol. The Hall–Kier alpha value is -0.650. The Morgan fingerprint density at radius 3 is 2.83 bits per heavy atom. The van der Waals surface area contributed by atoms with Crippen molar-refractivity contribution in [3.63, 3.8) is 0 Å². The molecule has 3 fully saturated rings. The van der Waals surface area contributed by atoms with Gasteiger partial charge in [0.05, 0.1) is 19.8 Å². The molecule has 0 N–H and O–H groups in total. The van der Waals surface area contributed by atoms with Gasteiger partial charge in [-0.25, -0.2) is 0 Å². The summed E-state index contributed by atoms with van der Waals surface area (Å²) in [6.07, 6.45) is 8.31. The molecule has 3 rings (SSSR count). The standard InChI is InChI=1S/C19H34N2O3/c1-23-12-10-20-11-13-24-15-17-8-9-21(14-18(17)20)19(22)7-6-16-4-2-3-5-16/h16-18H,2-15H2,1H3/t17-,18-/m1/s1. The van der Waals surface area contributed by atoms with Gasteiger partial charge in [-0.15, -0.1) is 0 Å². The molecule has 1 aliphatic carbocycles. The third kappa shape index (κ3) is 4.70. The van der Waals surface area contributed by atoms with E-state index >= 15 is 0 Å². The molecule has 0 aromatic rings. The molecule has 2 aliphatic heterocycles. The Labute approximate surface area is 146 Å². The van der Waals surface area contributed by atoms with Gasteiger partial charge in [0.2, 0.25) is 5.91 Å². The number of hydrogen-bond acceptors (Lipinski definition) is 4. The zero-order valence-electron chi connectivity index (χ0n) is 15.3. The highest BCUT2D eigenvalue weighted by Gasteiger charge is 2.36. The number of likely N-dealkylation sites (tertiary alicyclic amines) is 1. The molecule has 2 heterocycles. The molecule has 0 aromatic heterocycles. The van der Waals surface area contributed by atoms with Crippen LogP contribution >= 0.6 is 0 Å². The number of amides is 1. The average molecular weight is 338 g/mol. The first-order chi connectivity index (χ1) is 11.8. The van der Waals surface area contributed by atoms with Crippen molar-refractivity contribution in [3.8, 4) is 0 Å². The van der Waals surface area contributed by atoms with Crippen molar-refractivity contribution in [3.05, 3.63) is 0 Å². The van der Waals surface area contributed by atoms with E-state index in [9.17, 15) is 4.79 Å². The minimum Gasteiger partial charge on any atom is -0.383 e. The summed E-state index contributed by atoms with van der Waals surface area (Å²) in [4.78, 5) is 17.3. The van der Waals surface area contributed by atoms with E-state index in [0.717, 1.165) is 71.2 Å². The van der Waals surface area contributed by atoms with E-state index in [-0.39, 0.29) is 0 Å². The summed E-state index contributed by atoms with van der Waals surface area (Å²) in [6.45, 7) is 6.07. The van der Waals surface area contributed by atoms with Gasteiger partial charge in [0.25, 0.3) is 0 Å². The maximum absolute atomic E-state index is 12.7. The lowest BCUT2D eigenvalue weighted by molar-refractivity contribution is -0.134. The lowest BCUT2D eigenvalue weighted by Crippen LogP contribution is -2.55. The molecular formula is C19H34N2O3. The summed E-state index contributed by atoms with van der Waals surface area (Å²) in [5.41, 5.74) is 0. The fourth-order valence-electron chi connectivity index (χ4n) is 4.67. The molecule has 3 aliphatic rings. The van der Waals surface area contributed by atoms with E-state index in [2.05, 4.69) is 9.80 Å². The van der Waals surface area contributed by atoms with Crippen molar-refractivity contribution >= 4 is 5.91 Å². The highest BCUT2D eigenvalue weighted by molar-refractivity contribution is 5.76. The molecule has 2 atom stereocenters. The van der Waals surface area contributed by atoms with Gasteiger partial charge < -0.3 is 14.4 Å². The third-order valence-corrected chi connectivity index (χ3v) is 6.22. The van der Waals surface area contributed by atoms with E-state index < -0.39 is 0 Å².